The lowest BCUT2D eigenvalue weighted by atomic mass is 10.1. The first-order valence-electron chi connectivity index (χ1n) is 8.14. The number of nitrogens with zero attached hydrogens (tertiary/aromatic N) is 4. The Labute approximate surface area is 155 Å². The summed E-state index contributed by atoms with van der Waals surface area (Å²) in [6.07, 6.45) is -7.06. The molecule has 1 atom stereocenters. The van der Waals surface area contributed by atoms with Gasteiger partial charge in [0.25, 0.3) is 0 Å². The van der Waals surface area contributed by atoms with Crippen LogP contribution in [0.5, 0.6) is 11.5 Å². The lowest BCUT2D eigenvalue weighted by molar-refractivity contribution is -0.281. The van der Waals surface area contributed by atoms with E-state index in [2.05, 4.69) is 19.9 Å². The molecule has 11 heteroatoms. The minimum atomic E-state index is -4.14. The number of rotatable bonds is 3. The predicted molar refractivity (Wildman–Crippen MR) is 91.4 cm³/mol. The van der Waals surface area contributed by atoms with Gasteiger partial charge in [-0.2, -0.15) is 22.5 Å². The number of aromatic nitrogens is 4. The van der Waals surface area contributed by atoms with Crippen LogP contribution < -0.4 is 20.9 Å². The van der Waals surface area contributed by atoms with Crippen molar-refractivity contribution >= 4 is 5.69 Å². The van der Waals surface area contributed by atoms with Crippen LogP contribution in [-0.4, -0.2) is 32.3 Å². The molecule has 2 aromatic carbocycles. The molecule has 0 bridgehead atoms. The van der Waals surface area contributed by atoms with Gasteiger partial charge in [-0.1, -0.05) is 12.1 Å². The van der Waals surface area contributed by atoms with E-state index < -0.39 is 23.9 Å². The second-order valence-electron chi connectivity index (χ2n) is 6.25. The van der Waals surface area contributed by atoms with Gasteiger partial charge in [-0.3, -0.25) is 0 Å². The first-order valence-corrected chi connectivity index (χ1v) is 8.14. The fourth-order valence-electron chi connectivity index (χ4n) is 2.72. The molecule has 3 aromatic rings. The van der Waals surface area contributed by atoms with Gasteiger partial charge in [0, 0.05) is 11.8 Å². The Bertz CT molecular complexity index is 1110. The van der Waals surface area contributed by atoms with Crippen molar-refractivity contribution < 1.29 is 22.6 Å². The number of nitrogens with two attached hydrogens (primary N) is 1. The van der Waals surface area contributed by atoms with E-state index in [0.29, 0.717) is 5.69 Å². The van der Waals surface area contributed by atoms with Gasteiger partial charge in [0.1, 0.15) is 0 Å². The van der Waals surface area contributed by atoms with Gasteiger partial charge in [-0.05, 0) is 46.7 Å². The summed E-state index contributed by atoms with van der Waals surface area (Å²) in [5, 5.41) is 7.55. The van der Waals surface area contributed by atoms with Gasteiger partial charge in [0.15, 0.2) is 11.5 Å². The fraction of sp³-hybridized carbons (Fsp3) is 0.235. The molecule has 0 saturated heterocycles. The molecular weight excluding hydrogens is 379 g/mol. The lowest BCUT2D eigenvalue weighted by Crippen LogP contribution is -2.43. The number of benzene rings is 2. The average Bonchev–Trinajstić information content (AvgIpc) is 2.99. The van der Waals surface area contributed by atoms with Crippen LogP contribution in [-0.2, 0) is 6.54 Å². The van der Waals surface area contributed by atoms with Crippen LogP contribution in [0.3, 0.4) is 0 Å². The van der Waals surface area contributed by atoms with Crippen molar-refractivity contribution in [3.05, 3.63) is 58.0 Å². The zero-order chi connectivity index (χ0) is 20.1. The first-order chi connectivity index (χ1) is 13.2. The van der Waals surface area contributed by atoms with Gasteiger partial charge in [-0.15, -0.1) is 0 Å². The Morgan fingerprint density at radius 3 is 2.71 bits per heavy atom. The molecule has 4 rings (SSSR count). The van der Waals surface area contributed by atoms with Crippen LogP contribution in [0.15, 0.2) is 41.2 Å². The van der Waals surface area contributed by atoms with Gasteiger partial charge in [-0.25, -0.2) is 4.79 Å². The maximum absolute atomic E-state index is 13.4. The maximum Gasteiger partial charge on any atom is 0.468 e. The van der Waals surface area contributed by atoms with Crippen LogP contribution in [0.1, 0.15) is 11.1 Å². The van der Waals surface area contributed by atoms with Crippen LogP contribution in [0, 0.1) is 6.92 Å². The molecular formula is C17H14F3N5O3. The summed E-state index contributed by atoms with van der Waals surface area (Å²) in [5.74, 6) is -0.619. The Hall–Kier alpha value is -3.50. The fourth-order valence-corrected chi connectivity index (χ4v) is 2.72. The molecule has 0 spiro atoms. The number of tetrazole rings is 1. The molecule has 1 aromatic heterocycles. The van der Waals surface area contributed by atoms with Crippen molar-refractivity contribution in [2.45, 2.75) is 25.9 Å². The van der Waals surface area contributed by atoms with Crippen LogP contribution in [0.25, 0.3) is 5.69 Å². The third-order valence-electron chi connectivity index (χ3n) is 4.22. The zero-order valence-corrected chi connectivity index (χ0v) is 14.5. The number of ether oxygens (including phenoxy) is 2. The molecule has 2 N–H and O–H groups in total. The monoisotopic (exact) mass is 393 g/mol. The van der Waals surface area contributed by atoms with Crippen LogP contribution in [0.2, 0.25) is 0 Å². The van der Waals surface area contributed by atoms with Crippen molar-refractivity contribution in [2.24, 2.45) is 0 Å². The highest BCUT2D eigenvalue weighted by atomic mass is 19.3. The average molecular weight is 393 g/mol. The maximum atomic E-state index is 13.4. The summed E-state index contributed by atoms with van der Waals surface area (Å²) in [6.45, 7) is 1.98. The lowest BCUT2D eigenvalue weighted by Gasteiger charge is -2.28. The van der Waals surface area contributed by atoms with Crippen molar-refractivity contribution in [2.75, 3.05) is 5.73 Å². The number of aryl methyl sites for hydroxylation is 1. The number of hydrogen-bond donors (Lipinski definition) is 1. The Kier molecular flexibility index (Phi) is 4.02. The van der Waals surface area contributed by atoms with E-state index in [0.717, 1.165) is 26.6 Å². The van der Waals surface area contributed by atoms with Gasteiger partial charge in [0.05, 0.1) is 12.2 Å². The first kappa shape index (κ1) is 17.9. The number of anilines is 1. The van der Waals surface area contributed by atoms with Crippen molar-refractivity contribution in [3.8, 4) is 17.2 Å². The summed E-state index contributed by atoms with van der Waals surface area (Å²) in [5.41, 5.74) is 7.57. The number of hydrogen-bond acceptors (Lipinski definition) is 6. The van der Waals surface area contributed by atoms with Crippen molar-refractivity contribution in [3.63, 3.8) is 0 Å². The summed E-state index contributed by atoms with van der Waals surface area (Å²) < 4.78 is 50.8. The summed E-state index contributed by atoms with van der Waals surface area (Å²) in [7, 11) is 0. The summed E-state index contributed by atoms with van der Waals surface area (Å²) in [4.78, 5) is 12.6. The van der Waals surface area contributed by atoms with E-state index >= 15 is 0 Å². The minimum absolute atomic E-state index is 0.111. The Morgan fingerprint density at radius 1 is 1.18 bits per heavy atom. The van der Waals surface area contributed by atoms with Gasteiger partial charge >= 0.3 is 18.2 Å². The number of halogens is 3. The Balaban J connectivity index is 1.64. The van der Waals surface area contributed by atoms with E-state index in [1.807, 2.05) is 13.0 Å². The SMILES string of the molecule is Cc1cc(Cn2nnn(-c3ccc4c(c3)OC(F)(F)C(F)O4)c2=O)ccc1N. The number of alkyl halides is 3. The van der Waals surface area contributed by atoms with Gasteiger partial charge < -0.3 is 15.2 Å². The molecule has 2 heterocycles. The van der Waals surface area contributed by atoms with Crippen LogP contribution >= 0.6 is 0 Å². The van der Waals surface area contributed by atoms with E-state index in [9.17, 15) is 18.0 Å². The quantitative estimate of drug-likeness (QED) is 0.684. The topological polar surface area (TPSA) is 97.2 Å². The molecule has 0 radical (unpaired) electrons. The molecule has 0 aliphatic carbocycles. The van der Waals surface area contributed by atoms with Crippen LogP contribution in [0.4, 0.5) is 18.9 Å². The highest BCUT2D eigenvalue weighted by Crippen LogP contribution is 2.41. The third-order valence-corrected chi connectivity index (χ3v) is 4.22. The largest absolute Gasteiger partial charge is 0.468 e. The van der Waals surface area contributed by atoms with Crippen molar-refractivity contribution in [1.82, 2.24) is 19.8 Å². The molecule has 1 aliphatic rings. The minimum Gasteiger partial charge on any atom is -0.447 e. The van der Waals surface area contributed by atoms with Gasteiger partial charge in [0.2, 0.25) is 0 Å². The zero-order valence-electron chi connectivity index (χ0n) is 14.5. The Morgan fingerprint density at radius 2 is 1.96 bits per heavy atom. The summed E-state index contributed by atoms with van der Waals surface area (Å²) in [6, 6.07) is 8.96. The molecule has 1 aliphatic heterocycles. The smallest absolute Gasteiger partial charge is 0.447 e. The molecule has 8 nitrogen and oxygen atoms in total. The normalized spacial score (nSPS) is 17.5. The van der Waals surface area contributed by atoms with E-state index in [-0.39, 0.29) is 18.0 Å². The molecule has 28 heavy (non-hydrogen) atoms. The number of nitrogen functional groups attached to an aromatic ring is 1. The highest BCUT2D eigenvalue weighted by Gasteiger charge is 2.49. The molecule has 0 fully saturated rings. The molecule has 0 saturated carbocycles. The standard InChI is InChI=1S/C17H14F3N5O3/c1-9-6-10(2-4-12(9)21)8-24-16(26)25(23-22-24)11-3-5-13-14(7-11)28-17(19,20)15(18)27-13/h2-7,15H,8,21H2,1H3. The van der Waals surface area contributed by atoms with Crippen molar-refractivity contribution in [1.29, 1.82) is 0 Å². The highest BCUT2D eigenvalue weighted by molar-refractivity contribution is 5.49. The predicted octanol–water partition coefficient (Wildman–Crippen LogP) is 2.03. The summed E-state index contributed by atoms with van der Waals surface area (Å²) >= 11 is 0. The molecule has 146 valence electrons. The second-order valence-corrected chi connectivity index (χ2v) is 6.25. The van der Waals surface area contributed by atoms with E-state index in [4.69, 9.17) is 5.73 Å². The van der Waals surface area contributed by atoms with E-state index in [1.54, 1.807) is 12.1 Å². The van der Waals surface area contributed by atoms with E-state index in [1.165, 1.54) is 12.1 Å². The molecule has 1 unspecified atom stereocenters. The molecule has 0 amide bonds. The second kappa shape index (κ2) is 6.29. The third kappa shape index (κ3) is 3.04. The number of fused-ring (bicyclic) bond motifs is 1.